The molecule has 28 heavy (non-hydrogen) atoms. The molecule has 152 valence electrons. The molecule has 0 saturated carbocycles. The van der Waals surface area contributed by atoms with Gasteiger partial charge < -0.3 is 10.6 Å². The van der Waals surface area contributed by atoms with Crippen molar-refractivity contribution < 1.29 is 8.42 Å². The largest absolute Gasteiger partial charge is 0.356 e. The summed E-state index contributed by atoms with van der Waals surface area (Å²) in [5, 5.41) is 7.04. The van der Waals surface area contributed by atoms with E-state index in [9.17, 15) is 8.42 Å². The lowest BCUT2D eigenvalue weighted by Gasteiger charge is -2.20. The standard InChI is InChI=1S/C21H29N3O2S2/c1-5-17-10-8-9-11-20(17)23-21(27)22-16(4)18-12-14-19(15-13-18)28(25,26)24(6-2)7-3/h8-16H,5-7H2,1-4H3,(H2,22,23,27)/t16-/m0/s1. The van der Waals surface area contributed by atoms with Crippen LogP contribution in [0.5, 0.6) is 0 Å². The molecule has 5 nitrogen and oxygen atoms in total. The van der Waals surface area contributed by atoms with Crippen LogP contribution in [-0.4, -0.2) is 30.9 Å². The first-order chi connectivity index (χ1) is 13.3. The Morgan fingerprint density at radius 1 is 1.04 bits per heavy atom. The molecule has 2 aromatic rings. The third kappa shape index (κ3) is 5.31. The average molecular weight is 420 g/mol. The normalized spacial score (nSPS) is 12.6. The minimum absolute atomic E-state index is 0.0565. The first kappa shape index (κ1) is 22.3. The molecule has 0 amide bonds. The van der Waals surface area contributed by atoms with E-state index in [-0.39, 0.29) is 6.04 Å². The second-order valence-corrected chi connectivity index (χ2v) is 8.84. The zero-order valence-electron chi connectivity index (χ0n) is 16.9. The molecule has 1 atom stereocenters. The van der Waals surface area contributed by atoms with Gasteiger partial charge in [-0.1, -0.05) is 51.1 Å². The molecular weight excluding hydrogens is 390 g/mol. The van der Waals surface area contributed by atoms with Gasteiger partial charge in [-0.25, -0.2) is 8.42 Å². The Morgan fingerprint density at radius 2 is 1.64 bits per heavy atom. The molecule has 7 heteroatoms. The number of aryl methyl sites for hydroxylation is 1. The summed E-state index contributed by atoms with van der Waals surface area (Å²) >= 11 is 5.45. The maximum Gasteiger partial charge on any atom is 0.243 e. The van der Waals surface area contributed by atoms with Gasteiger partial charge in [0.2, 0.25) is 10.0 Å². The number of hydrogen-bond donors (Lipinski definition) is 2. The van der Waals surface area contributed by atoms with E-state index in [1.165, 1.54) is 9.87 Å². The van der Waals surface area contributed by atoms with Crippen LogP contribution in [0.2, 0.25) is 0 Å². The Balaban J connectivity index is 2.06. The molecule has 0 unspecified atom stereocenters. The van der Waals surface area contributed by atoms with Crippen molar-refractivity contribution in [2.45, 2.75) is 45.1 Å². The van der Waals surface area contributed by atoms with Gasteiger partial charge in [0.25, 0.3) is 0 Å². The number of para-hydroxylation sites is 1. The van der Waals surface area contributed by atoms with E-state index in [4.69, 9.17) is 12.2 Å². The van der Waals surface area contributed by atoms with E-state index >= 15 is 0 Å². The Labute approximate surface area is 174 Å². The fraction of sp³-hybridized carbons (Fsp3) is 0.381. The van der Waals surface area contributed by atoms with Crippen molar-refractivity contribution in [1.29, 1.82) is 0 Å². The average Bonchev–Trinajstić information content (AvgIpc) is 2.69. The van der Waals surface area contributed by atoms with Crippen LogP contribution in [0.15, 0.2) is 53.4 Å². The number of anilines is 1. The lowest BCUT2D eigenvalue weighted by atomic mass is 10.1. The van der Waals surface area contributed by atoms with Gasteiger partial charge >= 0.3 is 0 Å². The Morgan fingerprint density at radius 3 is 2.21 bits per heavy atom. The first-order valence-electron chi connectivity index (χ1n) is 9.58. The third-order valence-electron chi connectivity index (χ3n) is 4.72. The van der Waals surface area contributed by atoms with Gasteiger partial charge in [-0.05, 0) is 54.9 Å². The van der Waals surface area contributed by atoms with Crippen LogP contribution >= 0.6 is 12.2 Å². The highest BCUT2D eigenvalue weighted by atomic mass is 32.2. The highest BCUT2D eigenvalue weighted by molar-refractivity contribution is 7.89. The highest BCUT2D eigenvalue weighted by Gasteiger charge is 2.21. The summed E-state index contributed by atoms with van der Waals surface area (Å²) < 4.78 is 26.6. The number of hydrogen-bond acceptors (Lipinski definition) is 3. The predicted octanol–water partition coefficient (Wildman–Crippen LogP) is 4.33. The van der Waals surface area contributed by atoms with Crippen LogP contribution in [-0.2, 0) is 16.4 Å². The molecular formula is C21H29N3O2S2. The van der Waals surface area contributed by atoms with Crippen molar-refractivity contribution in [1.82, 2.24) is 9.62 Å². The summed E-state index contributed by atoms with van der Waals surface area (Å²) in [6, 6.07) is 15.0. The van der Waals surface area contributed by atoms with Crippen LogP contribution in [0.3, 0.4) is 0 Å². The molecule has 0 aliphatic carbocycles. The van der Waals surface area contributed by atoms with Gasteiger partial charge in [-0.15, -0.1) is 0 Å². The molecule has 0 fully saturated rings. The topological polar surface area (TPSA) is 61.4 Å². The molecule has 2 rings (SSSR count). The van der Waals surface area contributed by atoms with Crippen molar-refractivity contribution in [2.24, 2.45) is 0 Å². The van der Waals surface area contributed by atoms with Crippen LogP contribution in [0, 0.1) is 0 Å². The quantitative estimate of drug-likeness (QED) is 0.624. The van der Waals surface area contributed by atoms with E-state index in [0.717, 1.165) is 17.7 Å². The molecule has 0 heterocycles. The van der Waals surface area contributed by atoms with Gasteiger partial charge in [0.05, 0.1) is 10.9 Å². The van der Waals surface area contributed by atoms with Crippen LogP contribution in [0.1, 0.15) is 44.9 Å². The number of thiocarbonyl (C=S) groups is 1. The van der Waals surface area contributed by atoms with E-state index in [1.54, 1.807) is 12.1 Å². The minimum atomic E-state index is -3.44. The van der Waals surface area contributed by atoms with Crippen LogP contribution in [0.25, 0.3) is 0 Å². The molecule has 2 aromatic carbocycles. The van der Waals surface area contributed by atoms with E-state index < -0.39 is 10.0 Å². The summed E-state index contributed by atoms with van der Waals surface area (Å²) in [5.41, 5.74) is 3.16. The Hall–Kier alpha value is -1.96. The molecule has 0 bridgehead atoms. The van der Waals surface area contributed by atoms with Crippen molar-refractivity contribution in [2.75, 3.05) is 18.4 Å². The maximum absolute atomic E-state index is 12.6. The van der Waals surface area contributed by atoms with Gasteiger partial charge in [0.1, 0.15) is 0 Å². The van der Waals surface area contributed by atoms with Crippen LogP contribution < -0.4 is 10.6 Å². The summed E-state index contributed by atoms with van der Waals surface area (Å²) in [6.45, 7) is 8.69. The smallest absolute Gasteiger partial charge is 0.243 e. The number of sulfonamides is 1. The third-order valence-corrected chi connectivity index (χ3v) is 7.00. The van der Waals surface area contributed by atoms with Crippen molar-refractivity contribution in [3.8, 4) is 0 Å². The van der Waals surface area contributed by atoms with Gasteiger partial charge in [-0.2, -0.15) is 4.31 Å². The Kier molecular flexibility index (Phi) is 7.98. The molecule has 0 aliphatic rings. The Bertz CT molecular complexity index is 892. The molecule has 0 aromatic heterocycles. The lowest BCUT2D eigenvalue weighted by molar-refractivity contribution is 0.445. The lowest BCUT2D eigenvalue weighted by Crippen LogP contribution is -2.31. The zero-order valence-corrected chi connectivity index (χ0v) is 18.5. The number of rotatable bonds is 8. The monoisotopic (exact) mass is 419 g/mol. The molecule has 0 radical (unpaired) electrons. The second-order valence-electron chi connectivity index (χ2n) is 6.49. The fourth-order valence-electron chi connectivity index (χ4n) is 3.03. The van der Waals surface area contributed by atoms with E-state index in [2.05, 4.69) is 23.6 Å². The summed E-state index contributed by atoms with van der Waals surface area (Å²) in [4.78, 5) is 0.310. The molecule has 0 saturated heterocycles. The number of benzene rings is 2. The highest BCUT2D eigenvalue weighted by Crippen LogP contribution is 2.20. The molecule has 0 aliphatic heterocycles. The van der Waals surface area contributed by atoms with E-state index in [1.807, 2.05) is 51.1 Å². The molecule has 0 spiro atoms. The summed E-state index contributed by atoms with van der Waals surface area (Å²) in [5.74, 6) is 0. The number of nitrogens with one attached hydrogen (secondary N) is 2. The fourth-order valence-corrected chi connectivity index (χ4v) is 4.77. The summed E-state index contributed by atoms with van der Waals surface area (Å²) in [6.07, 6.45) is 0.920. The van der Waals surface area contributed by atoms with Gasteiger partial charge in [0.15, 0.2) is 5.11 Å². The minimum Gasteiger partial charge on any atom is -0.356 e. The molecule has 2 N–H and O–H groups in total. The second kappa shape index (κ2) is 10.0. The van der Waals surface area contributed by atoms with E-state index in [0.29, 0.717) is 23.1 Å². The SMILES string of the molecule is CCc1ccccc1NC(=S)N[C@@H](C)c1ccc(S(=O)(=O)N(CC)CC)cc1. The van der Waals surface area contributed by atoms with Gasteiger partial charge in [0, 0.05) is 18.8 Å². The zero-order chi connectivity index (χ0) is 20.7. The predicted molar refractivity (Wildman–Crippen MR) is 120 cm³/mol. The first-order valence-corrected chi connectivity index (χ1v) is 11.4. The number of nitrogens with zero attached hydrogens (tertiary/aromatic N) is 1. The van der Waals surface area contributed by atoms with Gasteiger partial charge in [-0.3, -0.25) is 0 Å². The van der Waals surface area contributed by atoms with Crippen LogP contribution in [0.4, 0.5) is 5.69 Å². The van der Waals surface area contributed by atoms with Crippen molar-refractivity contribution in [3.05, 3.63) is 59.7 Å². The van der Waals surface area contributed by atoms with Crippen molar-refractivity contribution in [3.63, 3.8) is 0 Å². The maximum atomic E-state index is 12.6. The van der Waals surface area contributed by atoms with Crippen molar-refractivity contribution >= 4 is 33.0 Å². The summed E-state index contributed by atoms with van der Waals surface area (Å²) in [7, 11) is -3.44.